The zero-order valence-corrected chi connectivity index (χ0v) is 12.0. The van der Waals surface area contributed by atoms with Crippen LogP contribution in [0, 0.1) is 0 Å². The summed E-state index contributed by atoms with van der Waals surface area (Å²) >= 11 is 0. The number of hydrogen-bond acceptors (Lipinski definition) is 4. The number of carbonyl (C=O) groups excluding carboxylic acids is 1. The second kappa shape index (κ2) is 5.85. The maximum absolute atomic E-state index is 11.4. The van der Waals surface area contributed by atoms with Gasteiger partial charge in [0.05, 0.1) is 5.70 Å². The molecule has 0 amide bonds. The molecule has 1 aliphatic heterocycles. The third kappa shape index (κ3) is 2.91. The van der Waals surface area contributed by atoms with Crippen molar-refractivity contribution in [1.29, 1.82) is 0 Å². The Morgan fingerprint density at radius 1 is 1.36 bits per heavy atom. The SMILES string of the molecule is C=CC(=C)COC1=CC=C2N=C3C=CC(=O)C=C3OC2C=C1. The average molecular weight is 293 g/mol. The molecule has 0 spiro atoms. The molecule has 0 radical (unpaired) electrons. The predicted molar refractivity (Wildman–Crippen MR) is 85.1 cm³/mol. The van der Waals surface area contributed by atoms with Gasteiger partial charge in [0.25, 0.3) is 0 Å². The van der Waals surface area contributed by atoms with Crippen LogP contribution < -0.4 is 0 Å². The first-order valence-electron chi connectivity index (χ1n) is 6.88. The van der Waals surface area contributed by atoms with E-state index < -0.39 is 0 Å². The van der Waals surface area contributed by atoms with Crippen LogP contribution in [0.1, 0.15) is 0 Å². The van der Waals surface area contributed by atoms with Gasteiger partial charge in [-0.2, -0.15) is 0 Å². The molecule has 110 valence electrons. The number of rotatable bonds is 4. The lowest BCUT2D eigenvalue weighted by Crippen LogP contribution is -2.24. The number of allylic oxidation sites excluding steroid dienone is 6. The zero-order chi connectivity index (χ0) is 15.5. The van der Waals surface area contributed by atoms with Crippen molar-refractivity contribution in [2.45, 2.75) is 6.10 Å². The molecule has 0 saturated heterocycles. The molecule has 22 heavy (non-hydrogen) atoms. The van der Waals surface area contributed by atoms with E-state index in [1.807, 2.05) is 24.3 Å². The van der Waals surface area contributed by atoms with E-state index in [2.05, 4.69) is 18.2 Å². The van der Waals surface area contributed by atoms with Crippen molar-refractivity contribution < 1.29 is 14.3 Å². The molecule has 1 heterocycles. The van der Waals surface area contributed by atoms with Crippen molar-refractivity contribution in [3.63, 3.8) is 0 Å². The summed E-state index contributed by atoms with van der Waals surface area (Å²) in [6.45, 7) is 7.83. The van der Waals surface area contributed by atoms with Gasteiger partial charge in [0.15, 0.2) is 11.9 Å². The minimum atomic E-state index is -0.325. The van der Waals surface area contributed by atoms with Crippen molar-refractivity contribution in [2.24, 2.45) is 4.99 Å². The fourth-order valence-electron chi connectivity index (χ4n) is 2.09. The van der Waals surface area contributed by atoms with Gasteiger partial charge in [-0.3, -0.25) is 4.79 Å². The van der Waals surface area contributed by atoms with Gasteiger partial charge in [0.1, 0.15) is 23.8 Å². The number of carbonyl (C=O) groups is 1. The second-order valence-corrected chi connectivity index (χ2v) is 4.95. The maximum Gasteiger partial charge on any atom is 0.182 e. The van der Waals surface area contributed by atoms with Gasteiger partial charge in [-0.15, -0.1) is 0 Å². The minimum absolute atomic E-state index is 0.0935. The van der Waals surface area contributed by atoms with Gasteiger partial charge in [-0.05, 0) is 42.0 Å². The van der Waals surface area contributed by atoms with Crippen LogP contribution in [0.2, 0.25) is 0 Å². The van der Waals surface area contributed by atoms with Gasteiger partial charge in [0, 0.05) is 6.08 Å². The van der Waals surface area contributed by atoms with E-state index >= 15 is 0 Å². The number of aliphatic imine (C=N–C) groups is 1. The van der Waals surface area contributed by atoms with E-state index in [4.69, 9.17) is 9.47 Å². The Balaban J connectivity index is 1.81. The minimum Gasteiger partial charge on any atom is -0.489 e. The smallest absolute Gasteiger partial charge is 0.182 e. The van der Waals surface area contributed by atoms with Crippen LogP contribution >= 0.6 is 0 Å². The van der Waals surface area contributed by atoms with E-state index in [1.165, 1.54) is 12.2 Å². The monoisotopic (exact) mass is 293 g/mol. The van der Waals surface area contributed by atoms with Crippen LogP contribution in [0.4, 0.5) is 0 Å². The highest BCUT2D eigenvalue weighted by Gasteiger charge is 2.25. The van der Waals surface area contributed by atoms with Crippen molar-refractivity contribution in [3.05, 3.63) is 84.6 Å². The number of hydrogen-bond donors (Lipinski definition) is 0. The van der Waals surface area contributed by atoms with Crippen molar-refractivity contribution in [1.82, 2.24) is 0 Å². The Labute approximate surface area is 128 Å². The van der Waals surface area contributed by atoms with Crippen molar-refractivity contribution >= 4 is 11.5 Å². The topological polar surface area (TPSA) is 47.9 Å². The van der Waals surface area contributed by atoms with E-state index in [0.29, 0.717) is 23.8 Å². The molecule has 0 aromatic carbocycles. The summed E-state index contributed by atoms with van der Waals surface area (Å²) in [5, 5.41) is 0. The van der Waals surface area contributed by atoms with Crippen LogP contribution in [-0.4, -0.2) is 24.2 Å². The van der Waals surface area contributed by atoms with Crippen LogP contribution in [0.3, 0.4) is 0 Å². The Morgan fingerprint density at radius 3 is 3.05 bits per heavy atom. The van der Waals surface area contributed by atoms with Gasteiger partial charge in [-0.25, -0.2) is 4.99 Å². The Bertz CT molecular complexity index is 729. The summed E-state index contributed by atoms with van der Waals surface area (Å²) in [5.41, 5.74) is 2.23. The van der Waals surface area contributed by atoms with Gasteiger partial charge in [0.2, 0.25) is 0 Å². The van der Waals surface area contributed by atoms with Crippen LogP contribution in [0.25, 0.3) is 0 Å². The predicted octanol–water partition coefficient (Wildman–Crippen LogP) is 2.95. The Kier molecular flexibility index (Phi) is 3.74. The lowest BCUT2D eigenvalue weighted by Gasteiger charge is -2.24. The fourth-order valence-corrected chi connectivity index (χ4v) is 2.09. The summed E-state index contributed by atoms with van der Waals surface area (Å²) in [6.07, 6.45) is 13.3. The standard InChI is InChI=1S/C18H15NO3/c1-3-12(2)11-21-14-5-8-15-17(9-6-14)22-18-10-13(20)4-7-16(18)19-15/h3-10,17H,1-2,11H2. The van der Waals surface area contributed by atoms with Gasteiger partial charge in [-0.1, -0.05) is 19.2 Å². The zero-order valence-electron chi connectivity index (χ0n) is 12.0. The second-order valence-electron chi connectivity index (χ2n) is 4.95. The molecular weight excluding hydrogens is 278 g/mol. The highest BCUT2D eigenvalue weighted by Crippen LogP contribution is 2.27. The number of ketones is 1. The number of nitrogens with zero attached hydrogens (tertiary/aromatic N) is 1. The molecule has 1 unspecified atom stereocenters. The fraction of sp³-hybridized carbons (Fsp3) is 0.111. The van der Waals surface area contributed by atoms with E-state index in [9.17, 15) is 4.79 Å². The van der Waals surface area contributed by atoms with Gasteiger partial charge >= 0.3 is 0 Å². The molecule has 3 aliphatic rings. The first kappa shape index (κ1) is 14.1. The average Bonchev–Trinajstić information content (AvgIpc) is 2.72. The largest absolute Gasteiger partial charge is 0.489 e. The van der Waals surface area contributed by atoms with Crippen LogP contribution in [0.5, 0.6) is 0 Å². The maximum atomic E-state index is 11.4. The third-order valence-electron chi connectivity index (χ3n) is 3.29. The quantitative estimate of drug-likeness (QED) is 0.591. The lowest BCUT2D eigenvalue weighted by molar-refractivity contribution is -0.110. The molecule has 4 heteroatoms. The molecule has 0 saturated carbocycles. The van der Waals surface area contributed by atoms with Crippen molar-refractivity contribution in [3.8, 4) is 0 Å². The summed E-state index contributed by atoms with van der Waals surface area (Å²) in [7, 11) is 0. The van der Waals surface area contributed by atoms with Gasteiger partial charge < -0.3 is 9.47 Å². The van der Waals surface area contributed by atoms with E-state index in [0.717, 1.165) is 11.3 Å². The normalized spacial score (nSPS) is 22.0. The van der Waals surface area contributed by atoms with Crippen LogP contribution in [0.15, 0.2) is 89.5 Å². The first-order chi connectivity index (χ1) is 10.7. The first-order valence-corrected chi connectivity index (χ1v) is 6.88. The van der Waals surface area contributed by atoms with Crippen LogP contribution in [-0.2, 0) is 14.3 Å². The molecular formula is C18H15NO3. The van der Waals surface area contributed by atoms with Crippen molar-refractivity contribution in [2.75, 3.05) is 6.61 Å². The lowest BCUT2D eigenvalue weighted by atomic mass is 10.1. The molecule has 0 bridgehead atoms. The highest BCUT2D eigenvalue weighted by molar-refractivity contribution is 6.19. The molecule has 0 N–H and O–H groups in total. The Morgan fingerprint density at radius 2 is 2.23 bits per heavy atom. The Hall–Kier alpha value is -2.88. The molecule has 4 nitrogen and oxygen atoms in total. The summed E-state index contributed by atoms with van der Waals surface area (Å²) < 4.78 is 11.4. The summed E-state index contributed by atoms with van der Waals surface area (Å²) in [4.78, 5) is 15.9. The summed E-state index contributed by atoms with van der Waals surface area (Å²) in [6, 6.07) is 0. The molecule has 0 fully saturated rings. The molecule has 1 atom stereocenters. The third-order valence-corrected chi connectivity index (χ3v) is 3.29. The molecule has 0 aromatic rings. The van der Waals surface area contributed by atoms with E-state index in [1.54, 1.807) is 12.2 Å². The number of ether oxygens (including phenoxy) is 2. The molecule has 3 rings (SSSR count). The molecule has 0 aromatic heterocycles. The summed E-state index contributed by atoms with van der Waals surface area (Å²) in [5.74, 6) is 1.10. The highest BCUT2D eigenvalue weighted by atomic mass is 16.5. The van der Waals surface area contributed by atoms with E-state index in [-0.39, 0.29) is 11.9 Å². The number of fused-ring (bicyclic) bond motifs is 2. The molecule has 2 aliphatic carbocycles.